The van der Waals surface area contributed by atoms with Crippen molar-refractivity contribution in [1.29, 1.82) is 0 Å². The zero-order valence-electron chi connectivity index (χ0n) is 14.5. The van der Waals surface area contributed by atoms with Crippen molar-refractivity contribution in [1.82, 2.24) is 10.6 Å². The maximum atomic E-state index is 5.95. The number of hydrogen-bond donors (Lipinski definition) is 5. The molecule has 2 aliphatic heterocycles. The molecule has 1 aromatic rings. The molecule has 1 aromatic carbocycles. The summed E-state index contributed by atoms with van der Waals surface area (Å²) in [5, 5.41) is 12.4. The Labute approximate surface area is 148 Å². The molecule has 132 valence electrons. The zero-order valence-corrected chi connectivity index (χ0v) is 14.5. The van der Waals surface area contributed by atoms with Gasteiger partial charge in [-0.2, -0.15) is 0 Å². The van der Waals surface area contributed by atoms with Gasteiger partial charge in [-0.15, -0.1) is 0 Å². The number of rotatable bonds is 4. The van der Waals surface area contributed by atoms with Crippen molar-refractivity contribution in [2.45, 2.75) is 18.9 Å². The van der Waals surface area contributed by atoms with E-state index in [4.69, 9.17) is 11.5 Å². The van der Waals surface area contributed by atoms with Crippen LogP contribution < -0.4 is 37.9 Å². The molecule has 5 nitrogen and oxygen atoms in total. The second-order valence-corrected chi connectivity index (χ2v) is 6.43. The van der Waals surface area contributed by atoms with Crippen LogP contribution in [0.2, 0.25) is 0 Å². The normalized spacial score (nSPS) is 19.8. The molecule has 5 heteroatoms. The van der Waals surface area contributed by atoms with Gasteiger partial charge in [0.1, 0.15) is 0 Å². The monoisotopic (exact) mass is 337 g/mol. The van der Waals surface area contributed by atoms with Crippen molar-refractivity contribution >= 4 is 23.5 Å². The van der Waals surface area contributed by atoms with Gasteiger partial charge in [0.15, 0.2) is 0 Å². The van der Waals surface area contributed by atoms with E-state index < -0.39 is 0 Å². The number of nitrogens with two attached hydrogens (primary N) is 2. The van der Waals surface area contributed by atoms with Crippen LogP contribution in [0.4, 0.5) is 5.69 Å². The lowest BCUT2D eigenvalue weighted by atomic mass is 9.99. The average Bonchev–Trinajstić information content (AvgIpc) is 2.63. The number of anilines is 1. The van der Waals surface area contributed by atoms with Gasteiger partial charge < -0.3 is 27.4 Å². The first-order chi connectivity index (χ1) is 12.2. The molecule has 0 saturated carbocycles. The maximum absolute atomic E-state index is 5.95. The molecule has 2 aliphatic rings. The van der Waals surface area contributed by atoms with E-state index >= 15 is 0 Å². The highest BCUT2D eigenvalue weighted by Gasteiger charge is 2.14. The fourth-order valence-corrected chi connectivity index (χ4v) is 3.32. The molecular formula is C20H27N5. The number of benzene rings is 1. The van der Waals surface area contributed by atoms with Gasteiger partial charge in [0.05, 0.1) is 5.82 Å². The first-order valence-electron chi connectivity index (χ1n) is 8.78. The summed E-state index contributed by atoms with van der Waals surface area (Å²) in [4.78, 5) is 0. The Bertz CT molecular complexity index is 813. The molecule has 3 rings (SSSR count). The quantitative estimate of drug-likeness (QED) is 0.545. The van der Waals surface area contributed by atoms with E-state index in [1.165, 1.54) is 5.57 Å². The van der Waals surface area contributed by atoms with Gasteiger partial charge in [-0.25, -0.2) is 0 Å². The third-order valence-corrected chi connectivity index (χ3v) is 4.69. The largest absolute Gasteiger partial charge is 0.404 e. The number of hydrogen-bond acceptors (Lipinski definition) is 5. The van der Waals surface area contributed by atoms with Crippen LogP contribution in [0.15, 0.2) is 42.8 Å². The van der Waals surface area contributed by atoms with Crippen LogP contribution in [0, 0.1) is 0 Å². The number of allylic oxidation sites excluding steroid dienone is 3. The standard InChI is InChI=1S/C20H27N5/c1-2-3-14-10-16(15-4-5-20(22)24-13-15)11-19(18(14)12-21)25-17-6-8-23-9-7-17/h2-5,10-12,17,23-25H,1,6-9,13,21-22H2/b14-3-,18-12+. The average molecular weight is 337 g/mol. The minimum Gasteiger partial charge on any atom is -0.404 e. The third kappa shape index (κ3) is 4.06. The zero-order chi connectivity index (χ0) is 17.6. The Kier molecular flexibility index (Phi) is 5.46. The second-order valence-electron chi connectivity index (χ2n) is 6.43. The summed E-state index contributed by atoms with van der Waals surface area (Å²) in [6.45, 7) is 6.64. The highest BCUT2D eigenvalue weighted by atomic mass is 15.0. The summed E-state index contributed by atoms with van der Waals surface area (Å²) in [5.74, 6) is 0.696. The molecule has 0 aromatic heterocycles. The Balaban J connectivity index is 2.05. The van der Waals surface area contributed by atoms with E-state index in [1.54, 1.807) is 12.3 Å². The Morgan fingerprint density at radius 3 is 2.64 bits per heavy atom. The lowest BCUT2D eigenvalue weighted by Crippen LogP contribution is -2.38. The van der Waals surface area contributed by atoms with Crippen LogP contribution >= 0.6 is 0 Å². The van der Waals surface area contributed by atoms with Crippen LogP contribution in [-0.4, -0.2) is 25.7 Å². The summed E-state index contributed by atoms with van der Waals surface area (Å²) in [6, 6.07) is 4.79. The van der Waals surface area contributed by atoms with Crippen LogP contribution in [-0.2, 0) is 0 Å². The summed E-state index contributed by atoms with van der Waals surface area (Å²) in [7, 11) is 0. The fraction of sp³-hybridized carbons (Fsp3) is 0.300. The predicted octanol–water partition coefficient (Wildman–Crippen LogP) is 0.300. The lowest BCUT2D eigenvalue weighted by molar-refractivity contribution is 0.479. The Hall–Kier alpha value is -2.66. The molecule has 0 radical (unpaired) electrons. The first-order valence-corrected chi connectivity index (χ1v) is 8.78. The Morgan fingerprint density at radius 1 is 1.20 bits per heavy atom. The smallest absolute Gasteiger partial charge is 0.0962 e. The number of dihydropyridines is 1. The van der Waals surface area contributed by atoms with Gasteiger partial charge in [-0.1, -0.05) is 24.8 Å². The minimum absolute atomic E-state index is 0.459. The highest BCUT2D eigenvalue weighted by Crippen LogP contribution is 2.18. The third-order valence-electron chi connectivity index (χ3n) is 4.69. The van der Waals surface area contributed by atoms with E-state index in [1.807, 2.05) is 12.2 Å². The molecule has 25 heavy (non-hydrogen) atoms. The summed E-state index contributed by atoms with van der Waals surface area (Å²) in [5.41, 5.74) is 15.2. The number of piperidine rings is 1. The SMILES string of the molecule is C=C/C=c1/cc(C2=CC=C(N)NC2)cc(NC2CCNCC2)/c1=C/N. The van der Waals surface area contributed by atoms with E-state index in [2.05, 4.69) is 40.7 Å². The van der Waals surface area contributed by atoms with E-state index in [0.29, 0.717) is 18.4 Å². The first kappa shape index (κ1) is 17.2. The van der Waals surface area contributed by atoms with Crippen LogP contribution in [0.5, 0.6) is 0 Å². The molecule has 0 unspecified atom stereocenters. The van der Waals surface area contributed by atoms with Gasteiger partial charge >= 0.3 is 0 Å². The van der Waals surface area contributed by atoms with Gasteiger partial charge in [-0.05, 0) is 60.5 Å². The topological polar surface area (TPSA) is 88.1 Å². The molecule has 1 fully saturated rings. The fourth-order valence-electron chi connectivity index (χ4n) is 3.32. The highest BCUT2D eigenvalue weighted by molar-refractivity contribution is 5.73. The van der Waals surface area contributed by atoms with Crippen molar-refractivity contribution < 1.29 is 0 Å². The molecule has 0 atom stereocenters. The van der Waals surface area contributed by atoms with Crippen LogP contribution in [0.25, 0.3) is 17.8 Å². The van der Waals surface area contributed by atoms with Gasteiger partial charge in [-0.3, -0.25) is 0 Å². The lowest BCUT2D eigenvalue weighted by Gasteiger charge is -2.25. The summed E-state index contributed by atoms with van der Waals surface area (Å²) in [6.07, 6.45) is 11.7. The maximum Gasteiger partial charge on any atom is 0.0962 e. The van der Waals surface area contributed by atoms with Crippen molar-refractivity contribution in [2.75, 3.05) is 25.0 Å². The summed E-state index contributed by atoms with van der Waals surface area (Å²) < 4.78 is 0. The molecule has 0 bridgehead atoms. The minimum atomic E-state index is 0.459. The molecule has 2 heterocycles. The second kappa shape index (κ2) is 7.94. The van der Waals surface area contributed by atoms with E-state index in [0.717, 1.165) is 47.6 Å². The molecular weight excluding hydrogens is 310 g/mol. The van der Waals surface area contributed by atoms with E-state index in [-0.39, 0.29) is 0 Å². The molecule has 0 aliphatic carbocycles. The van der Waals surface area contributed by atoms with Crippen molar-refractivity contribution in [3.63, 3.8) is 0 Å². The van der Waals surface area contributed by atoms with Crippen LogP contribution in [0.3, 0.4) is 0 Å². The predicted molar refractivity (Wildman–Crippen MR) is 107 cm³/mol. The van der Waals surface area contributed by atoms with E-state index in [9.17, 15) is 0 Å². The van der Waals surface area contributed by atoms with Gasteiger partial charge in [0, 0.05) is 29.7 Å². The molecule has 0 amide bonds. The summed E-state index contributed by atoms with van der Waals surface area (Å²) >= 11 is 0. The number of nitrogens with one attached hydrogen (secondary N) is 3. The Morgan fingerprint density at radius 2 is 2.00 bits per heavy atom. The van der Waals surface area contributed by atoms with Crippen molar-refractivity contribution in [2.24, 2.45) is 11.5 Å². The molecule has 1 saturated heterocycles. The van der Waals surface area contributed by atoms with Crippen molar-refractivity contribution in [3.05, 3.63) is 58.8 Å². The van der Waals surface area contributed by atoms with Crippen molar-refractivity contribution in [3.8, 4) is 0 Å². The van der Waals surface area contributed by atoms with Gasteiger partial charge in [0.25, 0.3) is 0 Å². The molecule has 0 spiro atoms. The molecule has 7 N–H and O–H groups in total. The van der Waals surface area contributed by atoms with Crippen LogP contribution in [0.1, 0.15) is 18.4 Å². The van der Waals surface area contributed by atoms with Gasteiger partial charge in [0.2, 0.25) is 0 Å².